The molecule has 9 heteroatoms. The minimum absolute atomic E-state index is 0.0176. The van der Waals surface area contributed by atoms with E-state index in [0.29, 0.717) is 34.3 Å². The molecule has 0 unspecified atom stereocenters. The number of rotatable bonds is 7. The quantitative estimate of drug-likeness (QED) is 0.379. The lowest BCUT2D eigenvalue weighted by atomic mass is 10.2. The zero-order valence-corrected chi connectivity index (χ0v) is 20.1. The lowest BCUT2D eigenvalue weighted by Crippen LogP contribution is -2.22. The Kier molecular flexibility index (Phi) is 6.88. The molecule has 0 saturated carbocycles. The van der Waals surface area contributed by atoms with E-state index in [1.807, 2.05) is 26.8 Å². The molecular weight excluding hydrogens is 454 g/mol. The van der Waals surface area contributed by atoms with Crippen molar-refractivity contribution in [2.24, 2.45) is 0 Å². The summed E-state index contributed by atoms with van der Waals surface area (Å²) in [6.07, 6.45) is 3.35. The molecule has 4 aromatic rings. The molecule has 0 aliphatic carbocycles. The molecule has 34 heavy (non-hydrogen) atoms. The lowest BCUT2D eigenvalue weighted by Gasteiger charge is -2.15. The Morgan fingerprint density at radius 3 is 2.59 bits per heavy atom. The first-order chi connectivity index (χ1) is 16.4. The van der Waals surface area contributed by atoms with Crippen molar-refractivity contribution in [1.29, 1.82) is 0 Å². The van der Waals surface area contributed by atoms with Crippen molar-refractivity contribution < 1.29 is 9.47 Å². The van der Waals surface area contributed by atoms with Crippen molar-refractivity contribution in [3.8, 4) is 28.7 Å². The highest BCUT2D eigenvalue weighted by molar-refractivity contribution is 6.31. The van der Waals surface area contributed by atoms with E-state index in [1.54, 1.807) is 55.9 Å². The Bertz CT molecular complexity index is 1390. The minimum atomic E-state index is -0.391. The van der Waals surface area contributed by atoms with E-state index >= 15 is 0 Å². The number of halogens is 1. The predicted molar refractivity (Wildman–Crippen MR) is 130 cm³/mol. The maximum Gasteiger partial charge on any atom is 0.277 e. The lowest BCUT2D eigenvalue weighted by molar-refractivity contribution is 0.297. The molecule has 0 radical (unpaired) electrons. The SMILES string of the molecule is COc1cccc(COc2cc(C)n(-c3ccnc(-c4ccnc(C(C)C)n4)c3)c(=O)c2Cl)n1. The van der Waals surface area contributed by atoms with Crippen LogP contribution in [0.25, 0.3) is 17.1 Å². The average molecular weight is 478 g/mol. The molecule has 174 valence electrons. The summed E-state index contributed by atoms with van der Waals surface area (Å²) in [6, 6.07) is 12.4. The van der Waals surface area contributed by atoms with Crippen LogP contribution in [0.3, 0.4) is 0 Å². The molecular formula is C25H24ClN5O3. The Morgan fingerprint density at radius 2 is 1.82 bits per heavy atom. The van der Waals surface area contributed by atoms with Crippen LogP contribution in [0.2, 0.25) is 5.02 Å². The normalized spacial score (nSPS) is 11.0. The molecule has 0 atom stereocenters. The molecule has 0 spiro atoms. The summed E-state index contributed by atoms with van der Waals surface area (Å²) in [5, 5.41) is -0.0176. The van der Waals surface area contributed by atoms with E-state index in [2.05, 4.69) is 19.9 Å². The first-order valence-corrected chi connectivity index (χ1v) is 11.1. The Morgan fingerprint density at radius 1 is 1.03 bits per heavy atom. The third-order valence-electron chi connectivity index (χ3n) is 5.12. The molecule has 0 aliphatic rings. The average Bonchev–Trinajstić information content (AvgIpc) is 2.86. The summed E-state index contributed by atoms with van der Waals surface area (Å²) in [5.74, 6) is 1.69. The number of aromatic nitrogens is 5. The van der Waals surface area contributed by atoms with E-state index < -0.39 is 5.56 Å². The highest BCUT2D eigenvalue weighted by atomic mass is 35.5. The molecule has 0 amide bonds. The second kappa shape index (κ2) is 10.0. The summed E-state index contributed by atoms with van der Waals surface area (Å²) >= 11 is 6.42. The van der Waals surface area contributed by atoms with Crippen molar-refractivity contribution in [2.75, 3.05) is 7.11 Å². The Balaban J connectivity index is 1.65. The van der Waals surface area contributed by atoms with E-state index in [4.69, 9.17) is 21.1 Å². The van der Waals surface area contributed by atoms with Crippen LogP contribution in [0.15, 0.2) is 59.7 Å². The van der Waals surface area contributed by atoms with Gasteiger partial charge in [0.1, 0.15) is 23.2 Å². The van der Waals surface area contributed by atoms with Gasteiger partial charge in [-0.05, 0) is 31.2 Å². The van der Waals surface area contributed by atoms with E-state index in [1.165, 1.54) is 4.57 Å². The second-order valence-corrected chi connectivity index (χ2v) is 8.30. The van der Waals surface area contributed by atoms with Crippen LogP contribution in [0.1, 0.15) is 37.0 Å². The van der Waals surface area contributed by atoms with Gasteiger partial charge < -0.3 is 9.47 Å². The maximum absolute atomic E-state index is 13.2. The molecule has 0 saturated heterocycles. The number of hydrogen-bond acceptors (Lipinski definition) is 7. The van der Waals surface area contributed by atoms with Crippen LogP contribution >= 0.6 is 11.6 Å². The monoisotopic (exact) mass is 477 g/mol. The third kappa shape index (κ3) is 4.92. The van der Waals surface area contributed by atoms with Gasteiger partial charge in [-0.25, -0.2) is 15.0 Å². The Labute approximate surface area is 202 Å². The summed E-state index contributed by atoms with van der Waals surface area (Å²) in [6.45, 7) is 6.02. The van der Waals surface area contributed by atoms with Crippen molar-refractivity contribution in [3.63, 3.8) is 0 Å². The van der Waals surface area contributed by atoms with E-state index in [-0.39, 0.29) is 23.3 Å². The van der Waals surface area contributed by atoms with Crippen LogP contribution < -0.4 is 15.0 Å². The van der Waals surface area contributed by atoms with Crippen LogP contribution in [-0.2, 0) is 6.61 Å². The van der Waals surface area contributed by atoms with Crippen LogP contribution in [0, 0.1) is 6.92 Å². The molecule has 0 aliphatic heterocycles. The van der Waals surface area contributed by atoms with Crippen molar-refractivity contribution in [2.45, 2.75) is 33.3 Å². The van der Waals surface area contributed by atoms with E-state index in [9.17, 15) is 4.79 Å². The molecule has 4 aromatic heterocycles. The number of ether oxygens (including phenoxy) is 2. The topological polar surface area (TPSA) is 92.0 Å². The van der Waals surface area contributed by atoms with Gasteiger partial charge in [0, 0.05) is 36.1 Å². The molecule has 0 N–H and O–H groups in total. The van der Waals surface area contributed by atoms with Crippen molar-refractivity contribution in [1.82, 2.24) is 24.5 Å². The minimum Gasteiger partial charge on any atom is -0.485 e. The highest BCUT2D eigenvalue weighted by Gasteiger charge is 2.16. The van der Waals surface area contributed by atoms with Gasteiger partial charge in [0.2, 0.25) is 5.88 Å². The van der Waals surface area contributed by atoms with Crippen LogP contribution in [0.4, 0.5) is 0 Å². The zero-order valence-electron chi connectivity index (χ0n) is 19.3. The van der Waals surface area contributed by atoms with Crippen molar-refractivity contribution in [3.05, 3.63) is 87.4 Å². The fourth-order valence-electron chi connectivity index (χ4n) is 3.40. The largest absolute Gasteiger partial charge is 0.485 e. The smallest absolute Gasteiger partial charge is 0.277 e. The second-order valence-electron chi connectivity index (χ2n) is 7.92. The van der Waals surface area contributed by atoms with Gasteiger partial charge >= 0.3 is 0 Å². The van der Waals surface area contributed by atoms with Gasteiger partial charge in [-0.1, -0.05) is 31.5 Å². The molecule has 4 heterocycles. The number of aryl methyl sites for hydroxylation is 1. The van der Waals surface area contributed by atoms with Gasteiger partial charge in [0.15, 0.2) is 0 Å². The number of nitrogens with zero attached hydrogens (tertiary/aromatic N) is 5. The fraction of sp³-hybridized carbons (Fsp3) is 0.240. The first kappa shape index (κ1) is 23.4. The Hall–Kier alpha value is -3.78. The van der Waals surface area contributed by atoms with Gasteiger partial charge in [-0.3, -0.25) is 14.3 Å². The third-order valence-corrected chi connectivity index (χ3v) is 5.47. The van der Waals surface area contributed by atoms with E-state index in [0.717, 1.165) is 5.82 Å². The summed E-state index contributed by atoms with van der Waals surface area (Å²) in [4.78, 5) is 30.8. The number of methoxy groups -OCH3 is 1. The first-order valence-electron chi connectivity index (χ1n) is 10.7. The standard InChI is InChI=1S/C25H24ClN5O3/c1-15(2)24-28-11-9-19(30-24)20-13-18(8-10-27-20)31-16(3)12-21(23(26)25(31)32)34-14-17-6-5-7-22(29-17)33-4/h5-13,15H,14H2,1-4H3. The van der Waals surface area contributed by atoms with Gasteiger partial charge in [0.25, 0.3) is 5.56 Å². The molecule has 0 bridgehead atoms. The summed E-state index contributed by atoms with van der Waals surface area (Å²) in [5.41, 5.74) is 2.86. The van der Waals surface area contributed by atoms with Gasteiger partial charge in [-0.15, -0.1) is 0 Å². The summed E-state index contributed by atoms with van der Waals surface area (Å²) < 4.78 is 12.5. The molecule has 0 aromatic carbocycles. The maximum atomic E-state index is 13.2. The zero-order chi connectivity index (χ0) is 24.2. The van der Waals surface area contributed by atoms with Gasteiger partial charge in [0.05, 0.1) is 29.9 Å². The van der Waals surface area contributed by atoms with Gasteiger partial charge in [-0.2, -0.15) is 0 Å². The molecule has 0 fully saturated rings. The number of pyridine rings is 3. The number of hydrogen-bond donors (Lipinski definition) is 0. The highest BCUT2D eigenvalue weighted by Crippen LogP contribution is 2.26. The molecule has 8 nitrogen and oxygen atoms in total. The summed E-state index contributed by atoms with van der Waals surface area (Å²) in [7, 11) is 1.55. The van der Waals surface area contributed by atoms with Crippen molar-refractivity contribution >= 4 is 11.6 Å². The predicted octanol–water partition coefficient (Wildman–Crippen LogP) is 4.76. The fourth-order valence-corrected chi connectivity index (χ4v) is 3.60. The van der Waals surface area contributed by atoms with Crippen LogP contribution in [-0.4, -0.2) is 31.6 Å². The molecule has 4 rings (SSSR count). The van der Waals surface area contributed by atoms with Crippen LogP contribution in [0.5, 0.6) is 11.6 Å².